The molecular weight excluding hydrogens is 271 g/mol. The molecule has 0 amide bonds. The van der Waals surface area contributed by atoms with Gasteiger partial charge in [-0.15, -0.1) is 0 Å². The minimum absolute atomic E-state index is 0.0305. The van der Waals surface area contributed by atoms with Crippen LogP contribution in [-0.2, 0) is 4.79 Å². The second kappa shape index (κ2) is 5.92. The summed E-state index contributed by atoms with van der Waals surface area (Å²) in [5, 5.41) is 9.00. The molecule has 1 aliphatic carbocycles. The average Bonchev–Trinajstić information content (AvgIpc) is 2.76. The van der Waals surface area contributed by atoms with E-state index in [0.29, 0.717) is 18.4 Å². The summed E-state index contributed by atoms with van der Waals surface area (Å²) in [4.78, 5) is 12.7. The second-order valence-corrected chi connectivity index (χ2v) is 6.33. The number of likely N-dealkylation sites (tertiary alicyclic amines) is 1. The standard InChI is InChI=1S/C14H22F3NO2/c1-9-4-2-3-5-10(9)6-18-7-11(13(19)20)12(8-18)14(15,16)17/h9-12H,2-8H2,1H3,(H,19,20)/t9?,10?,11-,12-/m1/s1. The molecule has 1 saturated heterocycles. The average molecular weight is 293 g/mol. The first-order chi connectivity index (χ1) is 9.29. The maximum Gasteiger partial charge on any atom is 0.393 e. The van der Waals surface area contributed by atoms with Crippen LogP contribution in [0.3, 0.4) is 0 Å². The molecule has 0 aromatic heterocycles. The van der Waals surface area contributed by atoms with Crippen molar-refractivity contribution in [3.63, 3.8) is 0 Å². The lowest BCUT2D eigenvalue weighted by Gasteiger charge is -2.32. The highest BCUT2D eigenvalue weighted by atomic mass is 19.4. The number of rotatable bonds is 3. The van der Waals surface area contributed by atoms with Crippen molar-refractivity contribution in [2.24, 2.45) is 23.7 Å². The van der Waals surface area contributed by atoms with Gasteiger partial charge in [0.25, 0.3) is 0 Å². The molecule has 0 aromatic carbocycles. The maximum absolute atomic E-state index is 12.9. The quantitative estimate of drug-likeness (QED) is 0.869. The number of carboxylic acids is 1. The number of nitrogens with zero attached hydrogens (tertiary/aromatic N) is 1. The first-order valence-corrected chi connectivity index (χ1v) is 7.31. The van der Waals surface area contributed by atoms with Gasteiger partial charge in [-0.25, -0.2) is 0 Å². The summed E-state index contributed by atoms with van der Waals surface area (Å²) in [6.45, 7) is 2.62. The van der Waals surface area contributed by atoms with Crippen molar-refractivity contribution in [1.82, 2.24) is 4.90 Å². The lowest BCUT2D eigenvalue weighted by atomic mass is 9.80. The first-order valence-electron chi connectivity index (χ1n) is 7.31. The Kier molecular flexibility index (Phi) is 4.62. The van der Waals surface area contributed by atoms with Crippen molar-refractivity contribution in [3.05, 3.63) is 0 Å². The van der Waals surface area contributed by atoms with Crippen LogP contribution in [-0.4, -0.2) is 41.8 Å². The number of aliphatic carboxylic acids is 1. The molecule has 1 saturated carbocycles. The zero-order valence-electron chi connectivity index (χ0n) is 11.7. The topological polar surface area (TPSA) is 40.5 Å². The summed E-state index contributed by atoms with van der Waals surface area (Å²) in [5.41, 5.74) is 0. The number of hydrogen-bond acceptors (Lipinski definition) is 2. The van der Waals surface area contributed by atoms with Crippen LogP contribution in [0.2, 0.25) is 0 Å². The number of hydrogen-bond donors (Lipinski definition) is 1. The van der Waals surface area contributed by atoms with E-state index in [1.165, 1.54) is 6.42 Å². The van der Waals surface area contributed by atoms with E-state index in [0.717, 1.165) is 19.3 Å². The number of alkyl halides is 3. The van der Waals surface area contributed by atoms with Crippen molar-refractivity contribution in [2.75, 3.05) is 19.6 Å². The highest BCUT2D eigenvalue weighted by molar-refractivity contribution is 5.71. The van der Waals surface area contributed by atoms with Gasteiger partial charge >= 0.3 is 12.1 Å². The normalized spacial score (nSPS) is 36.2. The lowest BCUT2D eigenvalue weighted by Crippen LogP contribution is -2.34. The predicted octanol–water partition coefficient (Wildman–Crippen LogP) is 3.01. The Morgan fingerprint density at radius 2 is 1.90 bits per heavy atom. The van der Waals surface area contributed by atoms with E-state index in [4.69, 9.17) is 5.11 Å². The summed E-state index contributed by atoms with van der Waals surface area (Å²) < 4.78 is 38.7. The minimum Gasteiger partial charge on any atom is -0.481 e. The molecular formula is C14H22F3NO2. The van der Waals surface area contributed by atoms with E-state index < -0.39 is 24.0 Å². The van der Waals surface area contributed by atoms with Crippen LogP contribution in [0.4, 0.5) is 13.2 Å². The summed E-state index contributed by atoms with van der Waals surface area (Å²) in [6.07, 6.45) is 0.0835. The van der Waals surface area contributed by atoms with Crippen LogP contribution in [0, 0.1) is 23.7 Å². The van der Waals surface area contributed by atoms with Crippen LogP contribution < -0.4 is 0 Å². The van der Waals surface area contributed by atoms with Crippen molar-refractivity contribution in [3.8, 4) is 0 Å². The third-order valence-electron chi connectivity index (χ3n) is 4.91. The molecule has 4 atom stereocenters. The molecule has 0 bridgehead atoms. The zero-order chi connectivity index (χ0) is 14.9. The minimum atomic E-state index is -4.42. The molecule has 3 nitrogen and oxygen atoms in total. The Hall–Kier alpha value is -0.780. The molecule has 2 unspecified atom stereocenters. The smallest absolute Gasteiger partial charge is 0.393 e. The Morgan fingerprint density at radius 1 is 1.25 bits per heavy atom. The van der Waals surface area contributed by atoms with E-state index in [1.807, 2.05) is 0 Å². The Morgan fingerprint density at radius 3 is 2.40 bits per heavy atom. The summed E-state index contributed by atoms with van der Waals surface area (Å²) in [7, 11) is 0. The van der Waals surface area contributed by atoms with Gasteiger partial charge in [0.1, 0.15) is 0 Å². The van der Waals surface area contributed by atoms with E-state index >= 15 is 0 Å². The number of carboxylic acid groups (broad SMARTS) is 1. The van der Waals surface area contributed by atoms with Gasteiger partial charge < -0.3 is 10.0 Å². The van der Waals surface area contributed by atoms with E-state index in [9.17, 15) is 18.0 Å². The molecule has 0 spiro atoms. The van der Waals surface area contributed by atoms with Crippen molar-refractivity contribution < 1.29 is 23.1 Å². The van der Waals surface area contributed by atoms with Gasteiger partial charge in [0, 0.05) is 19.6 Å². The second-order valence-electron chi connectivity index (χ2n) is 6.33. The van der Waals surface area contributed by atoms with Gasteiger partial charge in [-0.2, -0.15) is 13.2 Å². The zero-order valence-corrected chi connectivity index (χ0v) is 11.7. The van der Waals surface area contributed by atoms with Gasteiger partial charge in [-0.05, 0) is 18.3 Å². The molecule has 0 aromatic rings. The Labute approximate surface area is 117 Å². The largest absolute Gasteiger partial charge is 0.481 e. The summed E-state index contributed by atoms with van der Waals surface area (Å²) in [5.74, 6) is -3.43. The molecule has 0 radical (unpaired) electrons. The van der Waals surface area contributed by atoms with Gasteiger partial charge in [0.05, 0.1) is 11.8 Å². The van der Waals surface area contributed by atoms with Gasteiger partial charge in [0.15, 0.2) is 0 Å². The molecule has 6 heteroatoms. The molecule has 2 rings (SSSR count). The van der Waals surface area contributed by atoms with Gasteiger partial charge in [0.2, 0.25) is 0 Å². The fraction of sp³-hybridized carbons (Fsp3) is 0.929. The molecule has 2 fully saturated rings. The molecule has 116 valence electrons. The maximum atomic E-state index is 12.9. The summed E-state index contributed by atoms with van der Waals surface area (Å²) in [6, 6.07) is 0. The highest BCUT2D eigenvalue weighted by Gasteiger charge is 2.52. The van der Waals surface area contributed by atoms with Gasteiger partial charge in [-0.1, -0.05) is 26.2 Å². The fourth-order valence-corrected chi connectivity index (χ4v) is 3.61. The monoisotopic (exact) mass is 293 g/mol. The fourth-order valence-electron chi connectivity index (χ4n) is 3.61. The molecule has 20 heavy (non-hydrogen) atoms. The molecule has 1 aliphatic heterocycles. The number of carbonyl (C=O) groups is 1. The van der Waals surface area contributed by atoms with Crippen LogP contribution >= 0.6 is 0 Å². The summed E-state index contributed by atoms with van der Waals surface area (Å²) >= 11 is 0. The van der Waals surface area contributed by atoms with E-state index in [1.54, 1.807) is 4.90 Å². The van der Waals surface area contributed by atoms with Gasteiger partial charge in [-0.3, -0.25) is 4.79 Å². The van der Waals surface area contributed by atoms with Crippen LogP contribution in [0.25, 0.3) is 0 Å². The Balaban J connectivity index is 1.99. The van der Waals surface area contributed by atoms with E-state index in [2.05, 4.69) is 6.92 Å². The molecule has 1 heterocycles. The molecule has 2 aliphatic rings. The first kappa shape index (κ1) is 15.6. The lowest BCUT2D eigenvalue weighted by molar-refractivity contribution is -0.188. The SMILES string of the molecule is CC1CCCCC1CN1C[C@@H](C(F)(F)F)[C@H](C(=O)O)C1. The van der Waals surface area contributed by atoms with Crippen molar-refractivity contribution in [2.45, 2.75) is 38.8 Å². The van der Waals surface area contributed by atoms with Crippen LogP contribution in [0.15, 0.2) is 0 Å². The van der Waals surface area contributed by atoms with Crippen LogP contribution in [0.1, 0.15) is 32.6 Å². The number of halogens is 3. The van der Waals surface area contributed by atoms with Crippen LogP contribution in [0.5, 0.6) is 0 Å². The predicted molar refractivity (Wildman–Crippen MR) is 68.2 cm³/mol. The molecule has 1 N–H and O–H groups in total. The third-order valence-corrected chi connectivity index (χ3v) is 4.91. The Bertz CT molecular complexity index is 359. The van der Waals surface area contributed by atoms with E-state index in [-0.39, 0.29) is 13.1 Å². The van der Waals surface area contributed by atoms with Crippen molar-refractivity contribution in [1.29, 1.82) is 0 Å². The third kappa shape index (κ3) is 3.45. The van der Waals surface area contributed by atoms with Crippen molar-refractivity contribution >= 4 is 5.97 Å². The highest BCUT2D eigenvalue weighted by Crippen LogP contribution is 2.39.